The summed E-state index contributed by atoms with van der Waals surface area (Å²) in [6, 6.07) is 0. The molecule has 2 rings (SSSR count). The number of hydrogen-bond acceptors (Lipinski definition) is 3. The molecule has 0 aromatic rings. The van der Waals surface area contributed by atoms with Gasteiger partial charge in [0.25, 0.3) is 11.7 Å². The Bertz CT molecular complexity index is 458. The zero-order chi connectivity index (χ0) is 11.2. The number of ketones is 1. The first-order chi connectivity index (χ1) is 6.89. The quantitative estimate of drug-likeness (QED) is 0.554. The van der Waals surface area contributed by atoms with E-state index in [9.17, 15) is 14.0 Å². The van der Waals surface area contributed by atoms with Gasteiger partial charge in [-0.25, -0.2) is 4.39 Å². The minimum atomic E-state index is -1.02. The van der Waals surface area contributed by atoms with E-state index in [-0.39, 0.29) is 11.3 Å². The van der Waals surface area contributed by atoms with Gasteiger partial charge < -0.3 is 11.1 Å². The summed E-state index contributed by atoms with van der Waals surface area (Å²) in [6.45, 7) is 1.57. The molecule has 1 aliphatic carbocycles. The maximum atomic E-state index is 13.3. The van der Waals surface area contributed by atoms with E-state index in [1.54, 1.807) is 6.92 Å². The lowest BCUT2D eigenvalue weighted by molar-refractivity contribution is -0.133. The number of nitrogens with one attached hydrogen (secondary N) is 1. The largest absolute Gasteiger partial charge is 0.319 e. The molecule has 1 atom stereocenters. The predicted molar refractivity (Wildman–Crippen MR) is 51.1 cm³/mol. The third kappa shape index (κ3) is 1.61. The van der Waals surface area contributed by atoms with Crippen molar-refractivity contribution < 1.29 is 14.0 Å². The molecule has 4 nitrogen and oxygen atoms in total. The minimum absolute atomic E-state index is 0.0305. The Morgan fingerprint density at radius 1 is 1.40 bits per heavy atom. The lowest BCUT2D eigenvalue weighted by atomic mass is 10.0. The van der Waals surface area contributed by atoms with Gasteiger partial charge >= 0.3 is 0 Å². The van der Waals surface area contributed by atoms with E-state index in [0.717, 1.165) is 6.08 Å². The van der Waals surface area contributed by atoms with Gasteiger partial charge in [0.15, 0.2) is 0 Å². The molecule has 2 aliphatic rings. The number of hydrogen-bond donors (Lipinski definition) is 2. The van der Waals surface area contributed by atoms with Crippen molar-refractivity contribution in [2.24, 2.45) is 5.73 Å². The first-order valence-electron chi connectivity index (χ1n) is 4.37. The number of amides is 1. The zero-order valence-corrected chi connectivity index (χ0v) is 8.00. The molecule has 0 aromatic heterocycles. The summed E-state index contributed by atoms with van der Waals surface area (Å²) in [5.41, 5.74) is 5.02. The summed E-state index contributed by atoms with van der Waals surface area (Å²) >= 11 is 0. The average Bonchev–Trinajstić information content (AvgIpc) is 2.29. The Kier molecular flexibility index (Phi) is 1.87. The number of allylic oxidation sites excluding steroid dienone is 3. The molecule has 1 unspecified atom stereocenters. The molecule has 0 saturated carbocycles. The van der Waals surface area contributed by atoms with Crippen LogP contribution in [0, 0.1) is 0 Å². The summed E-state index contributed by atoms with van der Waals surface area (Å²) in [6.07, 6.45) is 3.66. The molecule has 1 heterocycles. The predicted octanol–water partition coefficient (Wildman–Crippen LogP) is 0.0800. The van der Waals surface area contributed by atoms with Crippen molar-refractivity contribution in [2.75, 3.05) is 0 Å². The lowest BCUT2D eigenvalue weighted by Gasteiger charge is -2.14. The molecule has 78 valence electrons. The van der Waals surface area contributed by atoms with Crippen LogP contribution in [0.4, 0.5) is 4.39 Å². The number of carbonyl (C=O) groups is 2. The van der Waals surface area contributed by atoms with Crippen LogP contribution in [-0.4, -0.2) is 17.2 Å². The van der Waals surface area contributed by atoms with Crippen LogP contribution in [0.1, 0.15) is 6.92 Å². The van der Waals surface area contributed by atoms with Gasteiger partial charge in [0, 0.05) is 0 Å². The summed E-state index contributed by atoms with van der Waals surface area (Å²) in [5, 5.41) is 2.35. The monoisotopic (exact) mass is 208 g/mol. The van der Waals surface area contributed by atoms with E-state index in [1.807, 2.05) is 0 Å². The highest BCUT2D eigenvalue weighted by Gasteiger charge is 2.34. The number of nitrogens with two attached hydrogens (primary N) is 1. The Morgan fingerprint density at radius 2 is 2.07 bits per heavy atom. The van der Waals surface area contributed by atoms with Crippen molar-refractivity contribution in [3.8, 4) is 0 Å². The topological polar surface area (TPSA) is 72.2 Å². The fraction of sp³-hybridized carbons (Fsp3) is 0.200. The zero-order valence-electron chi connectivity index (χ0n) is 8.00. The van der Waals surface area contributed by atoms with Gasteiger partial charge in [0.05, 0.1) is 16.8 Å². The number of Topliss-reactive ketones (excluding diaryl/α,β-unsaturated/α-hetero) is 1. The van der Waals surface area contributed by atoms with Gasteiger partial charge in [-0.3, -0.25) is 9.59 Å². The highest BCUT2D eigenvalue weighted by Crippen LogP contribution is 2.25. The normalized spacial score (nSPS) is 29.9. The first-order valence-corrected chi connectivity index (χ1v) is 4.37. The second-order valence-corrected chi connectivity index (χ2v) is 3.79. The number of carbonyl (C=O) groups excluding carboxylic acids is 2. The molecule has 0 radical (unpaired) electrons. The highest BCUT2D eigenvalue weighted by atomic mass is 19.1. The molecule has 0 spiro atoms. The smallest absolute Gasteiger partial charge is 0.296 e. The first kappa shape index (κ1) is 9.79. The van der Waals surface area contributed by atoms with Gasteiger partial charge in [-0.2, -0.15) is 0 Å². The van der Waals surface area contributed by atoms with E-state index in [4.69, 9.17) is 5.73 Å². The van der Waals surface area contributed by atoms with Crippen molar-refractivity contribution in [2.45, 2.75) is 12.5 Å². The second kappa shape index (κ2) is 2.87. The number of halogens is 1. The molecule has 0 bridgehead atoms. The Hall–Kier alpha value is -1.75. The average molecular weight is 208 g/mol. The molecule has 3 N–H and O–H groups in total. The second-order valence-electron chi connectivity index (χ2n) is 3.79. The van der Waals surface area contributed by atoms with Crippen molar-refractivity contribution >= 4 is 11.7 Å². The van der Waals surface area contributed by atoms with E-state index >= 15 is 0 Å². The van der Waals surface area contributed by atoms with Crippen molar-refractivity contribution in [1.29, 1.82) is 0 Å². The minimum Gasteiger partial charge on any atom is -0.319 e. The molecular formula is C10H9FN2O2. The van der Waals surface area contributed by atoms with Gasteiger partial charge in [0.2, 0.25) is 0 Å². The molecular weight excluding hydrogens is 199 g/mol. The van der Waals surface area contributed by atoms with Crippen LogP contribution in [0.5, 0.6) is 0 Å². The molecule has 1 fully saturated rings. The number of fused-ring (bicyclic) bond motifs is 1. The molecule has 1 saturated heterocycles. The third-order valence-electron chi connectivity index (χ3n) is 2.18. The van der Waals surface area contributed by atoms with Gasteiger partial charge in [-0.05, 0) is 25.2 Å². The van der Waals surface area contributed by atoms with Crippen LogP contribution in [-0.2, 0) is 9.59 Å². The van der Waals surface area contributed by atoms with Crippen LogP contribution < -0.4 is 11.1 Å². The third-order valence-corrected chi connectivity index (χ3v) is 2.18. The van der Waals surface area contributed by atoms with Crippen LogP contribution in [0.25, 0.3) is 0 Å². The Labute approximate surface area is 85.3 Å². The van der Waals surface area contributed by atoms with Gasteiger partial charge in [-0.1, -0.05) is 0 Å². The summed E-state index contributed by atoms with van der Waals surface area (Å²) in [5.74, 6) is -2.10. The highest BCUT2D eigenvalue weighted by molar-refractivity contribution is 6.47. The molecule has 1 amide bonds. The van der Waals surface area contributed by atoms with Gasteiger partial charge in [-0.15, -0.1) is 0 Å². The Morgan fingerprint density at radius 3 is 2.73 bits per heavy atom. The molecule has 15 heavy (non-hydrogen) atoms. The lowest BCUT2D eigenvalue weighted by Crippen LogP contribution is -2.32. The number of rotatable bonds is 0. The van der Waals surface area contributed by atoms with Crippen LogP contribution in [0.2, 0.25) is 0 Å². The molecule has 5 heteroatoms. The van der Waals surface area contributed by atoms with Crippen LogP contribution in [0.15, 0.2) is 35.3 Å². The summed E-state index contributed by atoms with van der Waals surface area (Å²) in [4.78, 5) is 22.3. The SMILES string of the molecule is CC1(N)C=C(F)C=C2C(=O)C(=O)NC2=C1. The maximum Gasteiger partial charge on any atom is 0.296 e. The Balaban J connectivity index is 2.58. The van der Waals surface area contributed by atoms with Gasteiger partial charge in [0.1, 0.15) is 5.83 Å². The van der Waals surface area contributed by atoms with E-state index in [0.29, 0.717) is 0 Å². The van der Waals surface area contributed by atoms with E-state index in [2.05, 4.69) is 5.32 Å². The van der Waals surface area contributed by atoms with Crippen molar-refractivity contribution in [3.05, 3.63) is 35.3 Å². The van der Waals surface area contributed by atoms with E-state index in [1.165, 1.54) is 12.2 Å². The standard InChI is InChI=1S/C10H9FN2O2/c1-10(12)3-5(11)2-6-7(4-10)13-9(15)8(6)14/h2-4H,12H2,1H3,(H,13,15). The summed E-state index contributed by atoms with van der Waals surface area (Å²) in [7, 11) is 0. The van der Waals surface area contributed by atoms with Crippen molar-refractivity contribution in [1.82, 2.24) is 5.32 Å². The fourth-order valence-corrected chi connectivity index (χ4v) is 1.58. The van der Waals surface area contributed by atoms with Crippen molar-refractivity contribution in [3.63, 3.8) is 0 Å². The summed E-state index contributed by atoms with van der Waals surface area (Å²) < 4.78 is 13.3. The molecule has 1 aliphatic heterocycles. The van der Waals surface area contributed by atoms with E-state index < -0.39 is 23.1 Å². The fourth-order valence-electron chi connectivity index (χ4n) is 1.58. The molecule has 0 aromatic carbocycles. The van der Waals surface area contributed by atoms with Crippen LogP contribution in [0.3, 0.4) is 0 Å². The maximum absolute atomic E-state index is 13.3. The van der Waals surface area contributed by atoms with Crippen LogP contribution >= 0.6 is 0 Å².